The van der Waals surface area contributed by atoms with Crippen LogP contribution in [0.5, 0.6) is 0 Å². The number of likely N-dealkylation sites (tertiary alicyclic amines) is 1. The first-order valence-electron chi connectivity index (χ1n) is 7.63. The standard InChI is InChI=1S/C17H25N3/c1-13(2)20-9-4-3-7-16(12-19)17(20)15-8-5-6-14(10-15)11-18/h5-6,8,10,13,16-17H,3-4,7,9,12,19H2,1-2H3. The predicted octanol–water partition coefficient (Wildman–Crippen LogP) is 3.07. The van der Waals surface area contributed by atoms with E-state index in [1.165, 1.54) is 24.8 Å². The lowest BCUT2D eigenvalue weighted by Gasteiger charge is -2.38. The number of hydrogen-bond acceptors (Lipinski definition) is 3. The molecule has 2 unspecified atom stereocenters. The van der Waals surface area contributed by atoms with Gasteiger partial charge in [-0.05, 0) is 63.4 Å². The van der Waals surface area contributed by atoms with Crippen molar-refractivity contribution in [2.75, 3.05) is 13.1 Å². The molecule has 1 aliphatic rings. The lowest BCUT2D eigenvalue weighted by Crippen LogP contribution is -2.39. The largest absolute Gasteiger partial charge is 0.330 e. The van der Waals surface area contributed by atoms with E-state index in [-0.39, 0.29) is 0 Å². The molecule has 2 rings (SSSR count). The maximum atomic E-state index is 9.13. The van der Waals surface area contributed by atoms with Gasteiger partial charge >= 0.3 is 0 Å². The molecule has 0 spiro atoms. The molecule has 1 heterocycles. The van der Waals surface area contributed by atoms with E-state index < -0.39 is 0 Å². The summed E-state index contributed by atoms with van der Waals surface area (Å²) >= 11 is 0. The number of nitriles is 1. The van der Waals surface area contributed by atoms with Crippen molar-refractivity contribution in [1.82, 2.24) is 4.90 Å². The molecule has 0 aromatic heterocycles. The van der Waals surface area contributed by atoms with Gasteiger partial charge in [-0.15, -0.1) is 0 Å². The molecule has 0 aliphatic carbocycles. The number of nitrogens with zero attached hydrogens (tertiary/aromatic N) is 2. The molecular weight excluding hydrogens is 246 g/mol. The van der Waals surface area contributed by atoms with Crippen LogP contribution in [0.25, 0.3) is 0 Å². The van der Waals surface area contributed by atoms with Crippen LogP contribution >= 0.6 is 0 Å². The van der Waals surface area contributed by atoms with Crippen molar-refractivity contribution in [2.45, 2.75) is 45.2 Å². The number of benzene rings is 1. The Kier molecular flexibility index (Phi) is 5.17. The molecule has 0 radical (unpaired) electrons. The molecule has 1 fully saturated rings. The first-order chi connectivity index (χ1) is 9.67. The van der Waals surface area contributed by atoms with Crippen LogP contribution in [0.2, 0.25) is 0 Å². The third-order valence-electron chi connectivity index (χ3n) is 4.37. The van der Waals surface area contributed by atoms with Crippen LogP contribution in [-0.2, 0) is 0 Å². The van der Waals surface area contributed by atoms with Gasteiger partial charge in [0.05, 0.1) is 11.6 Å². The topological polar surface area (TPSA) is 53.0 Å². The fraction of sp³-hybridized carbons (Fsp3) is 0.588. The third kappa shape index (κ3) is 3.20. The summed E-state index contributed by atoms with van der Waals surface area (Å²) in [4.78, 5) is 2.56. The van der Waals surface area contributed by atoms with Crippen molar-refractivity contribution in [3.05, 3.63) is 35.4 Å². The van der Waals surface area contributed by atoms with Crippen LogP contribution in [-0.4, -0.2) is 24.0 Å². The summed E-state index contributed by atoms with van der Waals surface area (Å²) in [6.45, 7) is 6.33. The smallest absolute Gasteiger partial charge is 0.0991 e. The van der Waals surface area contributed by atoms with E-state index in [4.69, 9.17) is 11.0 Å². The maximum Gasteiger partial charge on any atom is 0.0991 e. The normalized spacial score (nSPS) is 24.4. The summed E-state index contributed by atoms with van der Waals surface area (Å²) < 4.78 is 0. The fourth-order valence-corrected chi connectivity index (χ4v) is 3.35. The van der Waals surface area contributed by atoms with Crippen LogP contribution < -0.4 is 5.73 Å². The van der Waals surface area contributed by atoms with Gasteiger partial charge in [0.1, 0.15) is 0 Å². The van der Waals surface area contributed by atoms with E-state index in [1.807, 2.05) is 18.2 Å². The SMILES string of the molecule is CC(C)N1CCCCC(CN)C1c1cccc(C#N)c1. The Hall–Kier alpha value is -1.37. The second-order valence-corrected chi connectivity index (χ2v) is 6.01. The first kappa shape index (κ1) is 15.0. The molecule has 1 aliphatic heterocycles. The summed E-state index contributed by atoms with van der Waals surface area (Å²) in [6, 6.07) is 11.1. The van der Waals surface area contributed by atoms with Crippen molar-refractivity contribution >= 4 is 0 Å². The Balaban J connectivity index is 2.40. The van der Waals surface area contributed by atoms with Gasteiger partial charge in [-0.1, -0.05) is 18.6 Å². The highest BCUT2D eigenvalue weighted by Gasteiger charge is 2.31. The average Bonchev–Trinajstić information content (AvgIpc) is 2.69. The molecule has 0 bridgehead atoms. The minimum absolute atomic E-state index is 0.343. The summed E-state index contributed by atoms with van der Waals surface area (Å²) in [5, 5.41) is 9.13. The van der Waals surface area contributed by atoms with Gasteiger partial charge in [-0.3, -0.25) is 4.90 Å². The Bertz CT molecular complexity index is 475. The van der Waals surface area contributed by atoms with Crippen molar-refractivity contribution in [3.8, 4) is 6.07 Å². The van der Waals surface area contributed by atoms with Gasteiger partial charge in [0, 0.05) is 12.1 Å². The molecule has 2 atom stereocenters. The second kappa shape index (κ2) is 6.88. The molecule has 0 amide bonds. The highest BCUT2D eigenvalue weighted by Crippen LogP contribution is 2.36. The zero-order valence-corrected chi connectivity index (χ0v) is 12.5. The summed E-state index contributed by atoms with van der Waals surface area (Å²) in [5.41, 5.74) is 8.03. The zero-order chi connectivity index (χ0) is 14.5. The molecule has 3 heteroatoms. The van der Waals surface area contributed by atoms with Crippen LogP contribution in [0.1, 0.15) is 50.3 Å². The quantitative estimate of drug-likeness (QED) is 0.919. The fourth-order valence-electron chi connectivity index (χ4n) is 3.35. The highest BCUT2D eigenvalue weighted by molar-refractivity contribution is 5.34. The highest BCUT2D eigenvalue weighted by atomic mass is 15.2. The van der Waals surface area contributed by atoms with Crippen molar-refractivity contribution < 1.29 is 0 Å². The van der Waals surface area contributed by atoms with Crippen LogP contribution in [0, 0.1) is 17.2 Å². The minimum Gasteiger partial charge on any atom is -0.330 e. The zero-order valence-electron chi connectivity index (χ0n) is 12.5. The monoisotopic (exact) mass is 271 g/mol. The lowest BCUT2D eigenvalue weighted by atomic mass is 9.88. The van der Waals surface area contributed by atoms with Crippen molar-refractivity contribution in [1.29, 1.82) is 5.26 Å². The first-order valence-corrected chi connectivity index (χ1v) is 7.63. The molecule has 3 nitrogen and oxygen atoms in total. The van der Waals surface area contributed by atoms with Gasteiger partial charge in [-0.25, -0.2) is 0 Å². The maximum absolute atomic E-state index is 9.13. The van der Waals surface area contributed by atoms with Gasteiger partial charge in [0.2, 0.25) is 0 Å². The van der Waals surface area contributed by atoms with Crippen molar-refractivity contribution in [2.24, 2.45) is 11.7 Å². The molecule has 108 valence electrons. The van der Waals surface area contributed by atoms with E-state index in [2.05, 4.69) is 30.9 Å². The van der Waals surface area contributed by atoms with E-state index in [0.717, 1.165) is 12.1 Å². The molecule has 1 aromatic rings. The van der Waals surface area contributed by atoms with Crippen LogP contribution in [0.3, 0.4) is 0 Å². The Morgan fingerprint density at radius 2 is 2.20 bits per heavy atom. The van der Waals surface area contributed by atoms with Crippen LogP contribution in [0.4, 0.5) is 0 Å². The average molecular weight is 271 g/mol. The van der Waals surface area contributed by atoms with Gasteiger partial charge in [-0.2, -0.15) is 5.26 Å². The second-order valence-electron chi connectivity index (χ2n) is 6.01. The van der Waals surface area contributed by atoms with Gasteiger partial charge in [0.15, 0.2) is 0 Å². The molecule has 20 heavy (non-hydrogen) atoms. The van der Waals surface area contributed by atoms with E-state index in [9.17, 15) is 0 Å². The lowest BCUT2D eigenvalue weighted by molar-refractivity contribution is 0.121. The predicted molar refractivity (Wildman–Crippen MR) is 82.1 cm³/mol. The molecule has 1 aromatic carbocycles. The third-order valence-corrected chi connectivity index (χ3v) is 4.37. The Morgan fingerprint density at radius 1 is 1.40 bits per heavy atom. The summed E-state index contributed by atoms with van der Waals surface area (Å²) in [5.74, 6) is 0.480. The molecule has 0 saturated carbocycles. The number of nitrogens with two attached hydrogens (primary N) is 1. The van der Waals surface area contributed by atoms with Gasteiger partial charge < -0.3 is 5.73 Å². The summed E-state index contributed by atoms with van der Waals surface area (Å²) in [7, 11) is 0. The number of rotatable bonds is 3. The van der Waals surface area contributed by atoms with Crippen molar-refractivity contribution in [3.63, 3.8) is 0 Å². The van der Waals surface area contributed by atoms with Gasteiger partial charge in [0.25, 0.3) is 0 Å². The molecule has 1 saturated heterocycles. The van der Waals surface area contributed by atoms with E-state index in [0.29, 0.717) is 24.5 Å². The Labute approximate surface area is 122 Å². The molecule has 2 N–H and O–H groups in total. The van der Waals surface area contributed by atoms with Crippen LogP contribution in [0.15, 0.2) is 24.3 Å². The summed E-state index contributed by atoms with van der Waals surface area (Å²) in [6.07, 6.45) is 3.67. The molecular formula is C17H25N3. The number of hydrogen-bond donors (Lipinski definition) is 1. The van der Waals surface area contributed by atoms with E-state index >= 15 is 0 Å². The minimum atomic E-state index is 0.343. The van der Waals surface area contributed by atoms with E-state index in [1.54, 1.807) is 0 Å². The Morgan fingerprint density at radius 3 is 2.85 bits per heavy atom.